The quantitative estimate of drug-likeness (QED) is 0.505. The topological polar surface area (TPSA) is 131 Å². The molecule has 23 heavy (non-hydrogen) atoms. The summed E-state index contributed by atoms with van der Waals surface area (Å²) in [7, 11) is 0. The SMILES string of the molecule is Nc1c([N+](=O)[O-])cc(C(F)(F)F)c(CC2OCCO2)c1[N+](=O)[O-]. The Kier molecular flexibility index (Phi) is 4.38. The third-order valence-corrected chi connectivity index (χ3v) is 3.17. The third-order valence-electron chi connectivity index (χ3n) is 3.17. The maximum absolute atomic E-state index is 13.2. The molecule has 0 amide bonds. The summed E-state index contributed by atoms with van der Waals surface area (Å²) in [6.45, 7) is 0.255. The van der Waals surface area contributed by atoms with Crippen LogP contribution < -0.4 is 5.73 Å². The highest BCUT2D eigenvalue weighted by Gasteiger charge is 2.42. The number of nitrogens with zero attached hydrogens (tertiary/aromatic N) is 2. The number of nitro groups is 2. The van der Waals surface area contributed by atoms with Crippen molar-refractivity contribution in [3.05, 3.63) is 37.4 Å². The van der Waals surface area contributed by atoms with Gasteiger partial charge in [0.15, 0.2) is 12.0 Å². The van der Waals surface area contributed by atoms with Gasteiger partial charge in [0.1, 0.15) is 0 Å². The lowest BCUT2D eigenvalue weighted by atomic mass is 9.98. The van der Waals surface area contributed by atoms with Crippen LogP contribution in [0.1, 0.15) is 11.1 Å². The first-order valence-corrected chi connectivity index (χ1v) is 6.17. The van der Waals surface area contributed by atoms with Gasteiger partial charge in [0.05, 0.1) is 28.6 Å². The Morgan fingerprint density at radius 2 is 1.78 bits per heavy atom. The van der Waals surface area contributed by atoms with Gasteiger partial charge in [-0.3, -0.25) is 20.2 Å². The summed E-state index contributed by atoms with van der Waals surface area (Å²) in [4.78, 5) is 19.6. The van der Waals surface area contributed by atoms with E-state index in [2.05, 4.69) is 0 Å². The fourth-order valence-electron chi connectivity index (χ4n) is 2.22. The highest BCUT2D eigenvalue weighted by Crippen LogP contribution is 2.44. The minimum Gasteiger partial charge on any atom is -0.387 e. The second-order valence-electron chi connectivity index (χ2n) is 4.57. The molecule has 1 aromatic carbocycles. The first kappa shape index (κ1) is 16.9. The fourth-order valence-corrected chi connectivity index (χ4v) is 2.22. The van der Waals surface area contributed by atoms with Gasteiger partial charge in [-0.1, -0.05) is 0 Å². The molecule has 1 aliphatic heterocycles. The van der Waals surface area contributed by atoms with Gasteiger partial charge in [-0.15, -0.1) is 0 Å². The van der Waals surface area contributed by atoms with Gasteiger partial charge in [0.25, 0.3) is 5.69 Å². The first-order valence-electron chi connectivity index (χ1n) is 6.17. The van der Waals surface area contributed by atoms with Crippen molar-refractivity contribution in [2.75, 3.05) is 18.9 Å². The number of anilines is 1. The Bertz CT molecular complexity index is 657. The lowest BCUT2D eigenvalue weighted by Crippen LogP contribution is -2.19. The normalized spacial score (nSPS) is 15.8. The third kappa shape index (κ3) is 3.32. The molecule has 0 aliphatic carbocycles. The molecule has 9 nitrogen and oxygen atoms in total. The Morgan fingerprint density at radius 1 is 1.22 bits per heavy atom. The van der Waals surface area contributed by atoms with Crippen LogP contribution >= 0.6 is 0 Å². The summed E-state index contributed by atoms with van der Waals surface area (Å²) in [5, 5.41) is 21.9. The van der Waals surface area contributed by atoms with E-state index in [1.807, 2.05) is 0 Å². The van der Waals surface area contributed by atoms with Gasteiger partial charge < -0.3 is 15.2 Å². The van der Waals surface area contributed by atoms with E-state index >= 15 is 0 Å². The molecule has 0 bridgehead atoms. The number of ether oxygens (including phenoxy) is 2. The van der Waals surface area contributed by atoms with Crippen LogP contribution in [-0.2, 0) is 22.1 Å². The number of nitrogens with two attached hydrogens (primary N) is 1. The van der Waals surface area contributed by atoms with E-state index in [-0.39, 0.29) is 19.3 Å². The smallest absolute Gasteiger partial charge is 0.387 e. The molecule has 2 rings (SSSR count). The van der Waals surface area contributed by atoms with Crippen LogP contribution in [-0.4, -0.2) is 29.4 Å². The van der Waals surface area contributed by atoms with Gasteiger partial charge in [-0.25, -0.2) is 0 Å². The molecule has 1 aromatic rings. The number of halogens is 3. The Labute approximate surface area is 126 Å². The van der Waals surface area contributed by atoms with Gasteiger partial charge in [0.2, 0.25) is 0 Å². The average molecular weight is 337 g/mol. The second kappa shape index (κ2) is 5.96. The van der Waals surface area contributed by atoms with Crippen LogP contribution in [0.15, 0.2) is 6.07 Å². The predicted octanol–water partition coefficient (Wildman–Crippen LogP) is 2.02. The number of rotatable bonds is 4. The Hall–Kier alpha value is -2.47. The first-order chi connectivity index (χ1) is 10.6. The molecule has 1 aliphatic rings. The summed E-state index contributed by atoms with van der Waals surface area (Å²) in [6.07, 6.45) is -6.76. The van der Waals surface area contributed by atoms with Crippen LogP contribution in [0.25, 0.3) is 0 Å². The number of hydrogen-bond donors (Lipinski definition) is 1. The molecule has 0 unspecified atom stereocenters. The van der Waals surface area contributed by atoms with Crippen LogP contribution in [0.3, 0.4) is 0 Å². The zero-order chi connectivity index (χ0) is 17.4. The molecule has 12 heteroatoms. The molecule has 0 saturated carbocycles. The van der Waals surface area contributed by atoms with Gasteiger partial charge in [-0.2, -0.15) is 13.2 Å². The number of hydrogen-bond acceptors (Lipinski definition) is 7. The lowest BCUT2D eigenvalue weighted by molar-refractivity contribution is -0.393. The zero-order valence-corrected chi connectivity index (χ0v) is 11.3. The van der Waals surface area contributed by atoms with Crippen molar-refractivity contribution < 1.29 is 32.5 Å². The number of alkyl halides is 3. The van der Waals surface area contributed by atoms with Crippen molar-refractivity contribution in [2.45, 2.75) is 18.9 Å². The highest BCUT2D eigenvalue weighted by molar-refractivity contribution is 5.76. The van der Waals surface area contributed by atoms with Crippen molar-refractivity contribution in [3.63, 3.8) is 0 Å². The van der Waals surface area contributed by atoms with E-state index in [9.17, 15) is 33.4 Å². The van der Waals surface area contributed by atoms with Gasteiger partial charge in [-0.05, 0) is 0 Å². The van der Waals surface area contributed by atoms with E-state index in [0.29, 0.717) is 0 Å². The van der Waals surface area contributed by atoms with Crippen molar-refractivity contribution >= 4 is 17.1 Å². The number of nitro benzene ring substituents is 2. The maximum Gasteiger partial charge on any atom is 0.417 e. The summed E-state index contributed by atoms with van der Waals surface area (Å²) in [6, 6.07) is 0.187. The average Bonchev–Trinajstić information content (AvgIpc) is 2.89. The largest absolute Gasteiger partial charge is 0.417 e. The summed E-state index contributed by atoms with van der Waals surface area (Å²) < 4.78 is 49.5. The van der Waals surface area contributed by atoms with E-state index in [4.69, 9.17) is 15.2 Å². The molecule has 1 fully saturated rings. The Balaban J connectivity index is 2.70. The maximum atomic E-state index is 13.2. The van der Waals surface area contributed by atoms with E-state index in [1.165, 1.54) is 0 Å². The molecule has 2 N–H and O–H groups in total. The molecule has 0 atom stereocenters. The molecular formula is C11H10F3N3O6. The predicted molar refractivity (Wildman–Crippen MR) is 68.6 cm³/mol. The summed E-state index contributed by atoms with van der Waals surface area (Å²) >= 11 is 0. The van der Waals surface area contributed by atoms with Gasteiger partial charge in [0, 0.05) is 18.1 Å². The van der Waals surface area contributed by atoms with Crippen molar-refractivity contribution in [1.29, 1.82) is 0 Å². The van der Waals surface area contributed by atoms with Crippen LogP contribution in [0.5, 0.6) is 0 Å². The lowest BCUT2D eigenvalue weighted by Gasteiger charge is -2.16. The van der Waals surface area contributed by atoms with Crippen LogP contribution in [0, 0.1) is 20.2 Å². The molecule has 0 aromatic heterocycles. The molecule has 0 radical (unpaired) electrons. The zero-order valence-electron chi connectivity index (χ0n) is 11.3. The second-order valence-corrected chi connectivity index (χ2v) is 4.57. The molecular weight excluding hydrogens is 327 g/mol. The fraction of sp³-hybridized carbons (Fsp3) is 0.455. The number of benzene rings is 1. The molecule has 0 spiro atoms. The Morgan fingerprint density at radius 3 is 2.22 bits per heavy atom. The highest BCUT2D eigenvalue weighted by atomic mass is 19.4. The standard InChI is InChI=1S/C11H10F3N3O6/c12-11(13,14)6-4-7(16(18)19)9(15)10(17(20)21)5(6)3-8-22-1-2-23-8/h4,8H,1-3,15H2. The van der Waals surface area contributed by atoms with Crippen molar-refractivity contribution in [1.82, 2.24) is 0 Å². The monoisotopic (exact) mass is 337 g/mol. The number of nitrogen functional groups attached to an aromatic ring is 1. The van der Waals surface area contributed by atoms with E-state index in [1.54, 1.807) is 0 Å². The minimum absolute atomic E-state index is 0.127. The molecule has 1 heterocycles. The van der Waals surface area contributed by atoms with Crippen LogP contribution in [0.4, 0.5) is 30.2 Å². The van der Waals surface area contributed by atoms with Crippen LogP contribution in [0.2, 0.25) is 0 Å². The minimum atomic E-state index is -5.04. The molecule has 126 valence electrons. The van der Waals surface area contributed by atoms with Crippen molar-refractivity contribution in [2.24, 2.45) is 0 Å². The summed E-state index contributed by atoms with van der Waals surface area (Å²) in [5.74, 6) is 0. The van der Waals surface area contributed by atoms with Gasteiger partial charge >= 0.3 is 11.9 Å². The summed E-state index contributed by atoms with van der Waals surface area (Å²) in [5.41, 5.74) is -0.262. The van der Waals surface area contributed by atoms with E-state index < -0.39 is 56.9 Å². The van der Waals surface area contributed by atoms with Crippen molar-refractivity contribution in [3.8, 4) is 0 Å². The van der Waals surface area contributed by atoms with E-state index in [0.717, 1.165) is 0 Å². The molecule has 1 saturated heterocycles.